The number of phenols is 1. The quantitative estimate of drug-likeness (QED) is 0.739. The van der Waals surface area contributed by atoms with Gasteiger partial charge < -0.3 is 15.5 Å². The maximum absolute atomic E-state index is 11.7. The van der Waals surface area contributed by atoms with Crippen LogP contribution in [0.25, 0.3) is 6.08 Å². The largest absolute Gasteiger partial charge is 0.507 e. The molecule has 1 aromatic carbocycles. The van der Waals surface area contributed by atoms with E-state index in [1.807, 2.05) is 0 Å². The van der Waals surface area contributed by atoms with E-state index in [0.717, 1.165) is 5.56 Å². The molecule has 0 bridgehead atoms. The van der Waals surface area contributed by atoms with Crippen LogP contribution in [0, 0.1) is 0 Å². The molecule has 108 valence electrons. The minimum Gasteiger partial charge on any atom is -0.507 e. The molecule has 0 atom stereocenters. The van der Waals surface area contributed by atoms with Gasteiger partial charge in [0.2, 0.25) is 5.91 Å². The summed E-state index contributed by atoms with van der Waals surface area (Å²) in [4.78, 5) is 22.4. The van der Waals surface area contributed by atoms with Crippen molar-refractivity contribution in [3.05, 3.63) is 47.8 Å². The van der Waals surface area contributed by atoms with Crippen molar-refractivity contribution in [2.75, 3.05) is 5.32 Å². The average Bonchev–Trinajstić information content (AvgIpc) is 2.82. The lowest BCUT2D eigenvalue weighted by Gasteiger charge is -2.04. The number of hydrogen-bond donors (Lipinski definition) is 3. The fourth-order valence-electron chi connectivity index (χ4n) is 1.67. The number of carbonyl (C=O) groups is 2. The number of benzene rings is 1. The third-order valence-electron chi connectivity index (χ3n) is 2.65. The van der Waals surface area contributed by atoms with Gasteiger partial charge in [0.1, 0.15) is 11.3 Å². The molecule has 0 radical (unpaired) electrons. The number of carboxylic acid groups (broad SMARTS) is 1. The highest BCUT2D eigenvalue weighted by Crippen LogP contribution is 2.21. The lowest BCUT2D eigenvalue weighted by atomic mass is 10.2. The van der Waals surface area contributed by atoms with Gasteiger partial charge in [-0.1, -0.05) is 0 Å². The highest BCUT2D eigenvalue weighted by Gasteiger charge is 2.10. The first kappa shape index (κ1) is 14.3. The molecule has 2 rings (SSSR count). The fourth-order valence-corrected chi connectivity index (χ4v) is 1.67. The number of carbonyl (C=O) groups excluding carboxylic acids is 1. The first-order chi connectivity index (χ1) is 9.95. The van der Waals surface area contributed by atoms with Crippen LogP contribution in [0.1, 0.15) is 15.9 Å². The van der Waals surface area contributed by atoms with Crippen LogP contribution in [0.5, 0.6) is 5.75 Å². The number of nitrogens with zero attached hydrogens (tertiary/aromatic N) is 2. The van der Waals surface area contributed by atoms with Gasteiger partial charge in [0.15, 0.2) is 0 Å². The summed E-state index contributed by atoms with van der Waals surface area (Å²) >= 11 is 0. The molecule has 0 aliphatic rings. The Morgan fingerprint density at radius 2 is 2.14 bits per heavy atom. The number of nitrogens with one attached hydrogen (secondary N) is 1. The zero-order valence-corrected chi connectivity index (χ0v) is 11.1. The Morgan fingerprint density at radius 3 is 2.71 bits per heavy atom. The summed E-state index contributed by atoms with van der Waals surface area (Å²) < 4.78 is 1.61. The summed E-state index contributed by atoms with van der Waals surface area (Å²) in [5, 5.41) is 24.8. The van der Waals surface area contributed by atoms with Gasteiger partial charge in [0.25, 0.3) is 0 Å². The molecular weight excluding hydrogens is 274 g/mol. The average molecular weight is 287 g/mol. The second-order valence-corrected chi connectivity index (χ2v) is 4.31. The topological polar surface area (TPSA) is 104 Å². The third kappa shape index (κ3) is 3.69. The fraction of sp³-hybridized carbons (Fsp3) is 0.0714. The van der Waals surface area contributed by atoms with Crippen LogP contribution in [0.3, 0.4) is 0 Å². The molecule has 0 aliphatic heterocycles. The smallest absolute Gasteiger partial charge is 0.339 e. The Kier molecular flexibility index (Phi) is 4.03. The lowest BCUT2D eigenvalue weighted by Crippen LogP contribution is -2.08. The Bertz CT molecular complexity index is 719. The van der Waals surface area contributed by atoms with Crippen molar-refractivity contribution < 1.29 is 19.8 Å². The standard InChI is InChI=1S/C14H13N3O4/c1-17-8-9(7-15-17)2-5-13(19)16-10-3-4-11(14(20)21)12(18)6-10/h2-8,18H,1H3,(H,16,19)(H,20,21)/b5-2+. The molecule has 7 heteroatoms. The van der Waals surface area contributed by atoms with Crippen molar-refractivity contribution in [1.82, 2.24) is 9.78 Å². The van der Waals surface area contributed by atoms with Crippen molar-refractivity contribution >= 4 is 23.6 Å². The third-order valence-corrected chi connectivity index (χ3v) is 2.65. The van der Waals surface area contributed by atoms with Gasteiger partial charge in [-0.15, -0.1) is 0 Å². The minimum absolute atomic E-state index is 0.223. The molecule has 3 N–H and O–H groups in total. The van der Waals surface area contributed by atoms with E-state index in [4.69, 9.17) is 5.11 Å². The van der Waals surface area contributed by atoms with E-state index in [0.29, 0.717) is 5.69 Å². The van der Waals surface area contributed by atoms with Crippen LogP contribution in [-0.4, -0.2) is 31.9 Å². The van der Waals surface area contributed by atoms with Gasteiger partial charge in [-0.25, -0.2) is 4.79 Å². The summed E-state index contributed by atoms with van der Waals surface area (Å²) in [5.74, 6) is -2.04. The Morgan fingerprint density at radius 1 is 1.38 bits per heavy atom. The second kappa shape index (κ2) is 5.91. The molecule has 0 fully saturated rings. The Labute approximate surface area is 120 Å². The number of aryl methyl sites for hydroxylation is 1. The molecule has 21 heavy (non-hydrogen) atoms. The van der Waals surface area contributed by atoms with Crippen LogP contribution >= 0.6 is 0 Å². The van der Waals surface area contributed by atoms with Gasteiger partial charge in [0.05, 0.1) is 6.20 Å². The van der Waals surface area contributed by atoms with Gasteiger partial charge in [-0.05, 0) is 18.2 Å². The summed E-state index contributed by atoms with van der Waals surface area (Å²) in [7, 11) is 1.77. The van der Waals surface area contributed by atoms with Gasteiger partial charge >= 0.3 is 5.97 Å². The van der Waals surface area contributed by atoms with Crippen LogP contribution in [0.15, 0.2) is 36.7 Å². The van der Waals surface area contributed by atoms with Crippen molar-refractivity contribution in [2.45, 2.75) is 0 Å². The normalized spacial score (nSPS) is 10.7. The molecule has 0 unspecified atom stereocenters. The minimum atomic E-state index is -1.23. The van der Waals surface area contributed by atoms with E-state index in [-0.39, 0.29) is 5.56 Å². The van der Waals surface area contributed by atoms with Crippen molar-refractivity contribution in [3.63, 3.8) is 0 Å². The SMILES string of the molecule is Cn1cc(/C=C/C(=O)Nc2ccc(C(=O)O)c(O)c2)cn1. The number of aromatic hydroxyl groups is 1. The molecule has 7 nitrogen and oxygen atoms in total. The number of hydrogen-bond acceptors (Lipinski definition) is 4. The predicted octanol–water partition coefficient (Wildman–Crippen LogP) is 1.48. The number of aromatic nitrogens is 2. The van der Waals surface area contributed by atoms with E-state index in [9.17, 15) is 14.7 Å². The highest BCUT2D eigenvalue weighted by atomic mass is 16.4. The van der Waals surface area contributed by atoms with Crippen LogP contribution in [0.2, 0.25) is 0 Å². The number of carboxylic acids is 1. The summed E-state index contributed by atoms with van der Waals surface area (Å²) in [5.41, 5.74) is 0.856. The predicted molar refractivity (Wildman–Crippen MR) is 75.9 cm³/mol. The van der Waals surface area contributed by atoms with Crippen molar-refractivity contribution in [1.29, 1.82) is 0 Å². The van der Waals surface area contributed by atoms with E-state index in [1.54, 1.807) is 30.2 Å². The van der Waals surface area contributed by atoms with Gasteiger partial charge in [-0.2, -0.15) is 5.10 Å². The molecule has 1 aromatic heterocycles. The zero-order chi connectivity index (χ0) is 15.4. The number of aromatic carboxylic acids is 1. The van der Waals surface area contributed by atoms with E-state index < -0.39 is 17.6 Å². The van der Waals surface area contributed by atoms with Gasteiger partial charge in [0, 0.05) is 36.6 Å². The molecular formula is C14H13N3O4. The number of rotatable bonds is 4. The summed E-state index contributed by atoms with van der Waals surface area (Å²) in [6.45, 7) is 0. The summed E-state index contributed by atoms with van der Waals surface area (Å²) in [6.07, 6.45) is 6.27. The molecule has 1 heterocycles. The summed E-state index contributed by atoms with van der Waals surface area (Å²) in [6, 6.07) is 3.80. The number of anilines is 1. The maximum Gasteiger partial charge on any atom is 0.339 e. The first-order valence-corrected chi connectivity index (χ1v) is 6.00. The second-order valence-electron chi connectivity index (χ2n) is 4.31. The molecule has 0 saturated heterocycles. The van der Waals surface area contributed by atoms with Crippen molar-refractivity contribution in [2.24, 2.45) is 7.05 Å². The monoisotopic (exact) mass is 287 g/mol. The number of amides is 1. The van der Waals surface area contributed by atoms with E-state index in [2.05, 4.69) is 10.4 Å². The molecule has 2 aromatic rings. The Balaban J connectivity index is 2.04. The molecule has 0 spiro atoms. The van der Waals surface area contributed by atoms with Crippen LogP contribution < -0.4 is 5.32 Å². The van der Waals surface area contributed by atoms with Crippen LogP contribution in [0.4, 0.5) is 5.69 Å². The van der Waals surface area contributed by atoms with Gasteiger partial charge in [-0.3, -0.25) is 9.48 Å². The highest BCUT2D eigenvalue weighted by molar-refractivity contribution is 6.02. The van der Waals surface area contributed by atoms with E-state index in [1.165, 1.54) is 24.3 Å². The Hall–Kier alpha value is -3.09. The molecule has 0 aliphatic carbocycles. The lowest BCUT2D eigenvalue weighted by molar-refractivity contribution is -0.111. The van der Waals surface area contributed by atoms with Crippen LogP contribution in [-0.2, 0) is 11.8 Å². The van der Waals surface area contributed by atoms with E-state index >= 15 is 0 Å². The zero-order valence-electron chi connectivity index (χ0n) is 11.1. The first-order valence-electron chi connectivity index (χ1n) is 6.00. The van der Waals surface area contributed by atoms with Crippen molar-refractivity contribution in [3.8, 4) is 5.75 Å². The molecule has 0 saturated carbocycles. The molecule has 1 amide bonds. The maximum atomic E-state index is 11.7.